The van der Waals surface area contributed by atoms with E-state index in [1.807, 2.05) is 24.7 Å². The minimum absolute atomic E-state index is 0.213. The molecule has 0 spiro atoms. The molecule has 0 aliphatic carbocycles. The highest BCUT2D eigenvalue weighted by Gasteiger charge is 2.02. The maximum absolute atomic E-state index is 12.9. The SMILES string of the molecule is Cc1cc(SCCNc2cccc(F)c2)n(C)n1. The van der Waals surface area contributed by atoms with E-state index in [0.29, 0.717) is 0 Å². The third kappa shape index (κ3) is 3.50. The molecule has 0 saturated carbocycles. The molecule has 1 aromatic carbocycles. The van der Waals surface area contributed by atoms with Gasteiger partial charge in [-0.05, 0) is 31.2 Å². The van der Waals surface area contributed by atoms with E-state index in [0.717, 1.165) is 28.7 Å². The van der Waals surface area contributed by atoms with E-state index in [4.69, 9.17) is 0 Å². The number of anilines is 1. The number of aromatic nitrogens is 2. The van der Waals surface area contributed by atoms with E-state index in [1.54, 1.807) is 17.8 Å². The first kappa shape index (κ1) is 13.0. The predicted molar refractivity (Wildman–Crippen MR) is 73.6 cm³/mol. The summed E-state index contributed by atoms with van der Waals surface area (Å²) in [6, 6.07) is 8.57. The van der Waals surface area contributed by atoms with Crippen molar-refractivity contribution in [2.45, 2.75) is 11.9 Å². The van der Waals surface area contributed by atoms with E-state index in [2.05, 4.69) is 16.5 Å². The van der Waals surface area contributed by atoms with Crippen molar-refractivity contribution in [3.8, 4) is 0 Å². The maximum atomic E-state index is 12.9. The molecule has 2 aromatic rings. The number of benzene rings is 1. The van der Waals surface area contributed by atoms with Crippen LogP contribution in [0.3, 0.4) is 0 Å². The van der Waals surface area contributed by atoms with Gasteiger partial charge in [0.15, 0.2) is 0 Å². The van der Waals surface area contributed by atoms with Crippen LogP contribution in [0.5, 0.6) is 0 Å². The average Bonchev–Trinajstić information content (AvgIpc) is 2.64. The minimum atomic E-state index is -0.213. The van der Waals surface area contributed by atoms with Gasteiger partial charge in [0.05, 0.1) is 10.7 Å². The van der Waals surface area contributed by atoms with Crippen LogP contribution in [0.4, 0.5) is 10.1 Å². The van der Waals surface area contributed by atoms with Crippen LogP contribution < -0.4 is 5.32 Å². The fraction of sp³-hybridized carbons (Fsp3) is 0.308. The Bertz CT molecular complexity index is 525. The summed E-state index contributed by atoms with van der Waals surface area (Å²) in [7, 11) is 1.94. The molecule has 0 unspecified atom stereocenters. The van der Waals surface area contributed by atoms with Gasteiger partial charge < -0.3 is 5.32 Å². The molecule has 96 valence electrons. The number of thioether (sulfide) groups is 1. The molecule has 18 heavy (non-hydrogen) atoms. The summed E-state index contributed by atoms with van der Waals surface area (Å²) in [5.41, 5.74) is 1.84. The van der Waals surface area contributed by atoms with Crippen LogP contribution in [-0.4, -0.2) is 22.1 Å². The molecular formula is C13H16FN3S. The maximum Gasteiger partial charge on any atom is 0.125 e. The molecule has 1 heterocycles. The normalized spacial score (nSPS) is 10.6. The van der Waals surface area contributed by atoms with Crippen molar-refractivity contribution in [3.63, 3.8) is 0 Å². The lowest BCUT2D eigenvalue weighted by Crippen LogP contribution is -2.04. The van der Waals surface area contributed by atoms with Gasteiger partial charge in [0, 0.05) is 25.0 Å². The fourth-order valence-electron chi connectivity index (χ4n) is 1.67. The molecule has 0 amide bonds. The van der Waals surface area contributed by atoms with Crippen molar-refractivity contribution in [1.82, 2.24) is 9.78 Å². The number of halogens is 1. The van der Waals surface area contributed by atoms with Crippen LogP contribution in [0.1, 0.15) is 5.69 Å². The van der Waals surface area contributed by atoms with Gasteiger partial charge in [0.1, 0.15) is 5.82 Å². The predicted octanol–water partition coefficient (Wildman–Crippen LogP) is 3.07. The second-order valence-electron chi connectivity index (χ2n) is 4.03. The van der Waals surface area contributed by atoms with Crippen LogP contribution in [0.15, 0.2) is 35.4 Å². The number of hydrogen-bond acceptors (Lipinski definition) is 3. The lowest BCUT2D eigenvalue weighted by molar-refractivity contribution is 0.628. The monoisotopic (exact) mass is 265 g/mol. The average molecular weight is 265 g/mol. The van der Waals surface area contributed by atoms with Gasteiger partial charge in [-0.25, -0.2) is 4.39 Å². The van der Waals surface area contributed by atoms with E-state index < -0.39 is 0 Å². The Hall–Kier alpha value is -1.49. The second-order valence-corrected chi connectivity index (χ2v) is 5.15. The van der Waals surface area contributed by atoms with Gasteiger partial charge in [-0.1, -0.05) is 6.07 Å². The highest BCUT2D eigenvalue weighted by atomic mass is 32.2. The molecule has 1 aromatic heterocycles. The van der Waals surface area contributed by atoms with Crippen molar-refractivity contribution in [2.75, 3.05) is 17.6 Å². The Labute approximate surface area is 110 Å². The van der Waals surface area contributed by atoms with Gasteiger partial charge >= 0.3 is 0 Å². The molecule has 2 rings (SSSR count). The molecular weight excluding hydrogens is 249 g/mol. The summed E-state index contributed by atoms with van der Waals surface area (Å²) < 4.78 is 14.8. The first-order chi connectivity index (χ1) is 8.65. The summed E-state index contributed by atoms with van der Waals surface area (Å²) in [6.07, 6.45) is 0. The smallest absolute Gasteiger partial charge is 0.125 e. The van der Waals surface area contributed by atoms with Crippen molar-refractivity contribution in [2.24, 2.45) is 7.05 Å². The molecule has 0 atom stereocenters. The van der Waals surface area contributed by atoms with Gasteiger partial charge in [-0.2, -0.15) is 5.10 Å². The molecule has 0 saturated heterocycles. The third-order valence-electron chi connectivity index (χ3n) is 2.46. The Morgan fingerprint density at radius 2 is 2.22 bits per heavy atom. The highest BCUT2D eigenvalue weighted by molar-refractivity contribution is 7.99. The summed E-state index contributed by atoms with van der Waals surface area (Å²) in [5.74, 6) is 0.699. The Balaban J connectivity index is 1.78. The van der Waals surface area contributed by atoms with E-state index in [9.17, 15) is 4.39 Å². The fourth-order valence-corrected chi connectivity index (χ4v) is 2.57. The molecule has 0 fully saturated rings. The van der Waals surface area contributed by atoms with Crippen LogP contribution in [0.2, 0.25) is 0 Å². The van der Waals surface area contributed by atoms with Crippen LogP contribution >= 0.6 is 11.8 Å². The molecule has 3 nitrogen and oxygen atoms in total. The molecule has 0 radical (unpaired) electrons. The van der Waals surface area contributed by atoms with E-state index >= 15 is 0 Å². The number of aryl methyl sites for hydroxylation is 2. The zero-order valence-corrected chi connectivity index (χ0v) is 11.3. The highest BCUT2D eigenvalue weighted by Crippen LogP contribution is 2.18. The zero-order valence-electron chi connectivity index (χ0n) is 10.5. The van der Waals surface area contributed by atoms with Gasteiger partial charge in [0.25, 0.3) is 0 Å². The molecule has 5 heteroatoms. The Morgan fingerprint density at radius 1 is 1.39 bits per heavy atom. The minimum Gasteiger partial charge on any atom is -0.384 e. The molecule has 0 bridgehead atoms. The van der Waals surface area contributed by atoms with Gasteiger partial charge in [-0.15, -0.1) is 11.8 Å². The number of nitrogens with one attached hydrogen (secondary N) is 1. The topological polar surface area (TPSA) is 29.9 Å². The second kappa shape index (κ2) is 5.91. The molecule has 1 N–H and O–H groups in total. The molecule has 0 aliphatic rings. The van der Waals surface area contributed by atoms with Gasteiger partial charge in [-0.3, -0.25) is 4.68 Å². The van der Waals surface area contributed by atoms with E-state index in [1.165, 1.54) is 12.1 Å². The zero-order chi connectivity index (χ0) is 13.0. The first-order valence-corrected chi connectivity index (χ1v) is 6.76. The van der Waals surface area contributed by atoms with Gasteiger partial charge in [0.2, 0.25) is 0 Å². The van der Waals surface area contributed by atoms with Crippen molar-refractivity contribution in [3.05, 3.63) is 41.8 Å². The van der Waals surface area contributed by atoms with Crippen LogP contribution in [-0.2, 0) is 7.05 Å². The number of hydrogen-bond donors (Lipinski definition) is 1. The summed E-state index contributed by atoms with van der Waals surface area (Å²) in [5, 5.41) is 8.62. The summed E-state index contributed by atoms with van der Waals surface area (Å²) in [4.78, 5) is 0. The van der Waals surface area contributed by atoms with Crippen molar-refractivity contribution < 1.29 is 4.39 Å². The third-order valence-corrected chi connectivity index (χ3v) is 3.55. The van der Waals surface area contributed by atoms with E-state index in [-0.39, 0.29) is 5.82 Å². The largest absolute Gasteiger partial charge is 0.384 e. The summed E-state index contributed by atoms with van der Waals surface area (Å²) in [6.45, 7) is 2.77. The number of rotatable bonds is 5. The van der Waals surface area contributed by atoms with Crippen LogP contribution in [0.25, 0.3) is 0 Å². The number of nitrogens with zero attached hydrogens (tertiary/aromatic N) is 2. The van der Waals surface area contributed by atoms with Crippen molar-refractivity contribution in [1.29, 1.82) is 0 Å². The summed E-state index contributed by atoms with van der Waals surface area (Å²) >= 11 is 1.74. The Kier molecular flexibility index (Phi) is 4.25. The van der Waals surface area contributed by atoms with Crippen molar-refractivity contribution >= 4 is 17.4 Å². The Morgan fingerprint density at radius 3 is 2.89 bits per heavy atom. The standard InChI is InChI=1S/C13H16FN3S/c1-10-8-13(17(2)16-10)18-7-6-15-12-5-3-4-11(14)9-12/h3-5,8-9,15H,6-7H2,1-2H3. The first-order valence-electron chi connectivity index (χ1n) is 5.78. The van der Waals surface area contributed by atoms with Crippen LogP contribution in [0, 0.1) is 12.7 Å². The molecule has 0 aliphatic heterocycles. The quantitative estimate of drug-likeness (QED) is 0.665. The lowest BCUT2D eigenvalue weighted by atomic mass is 10.3. The lowest BCUT2D eigenvalue weighted by Gasteiger charge is -2.06.